The van der Waals surface area contributed by atoms with Crippen LogP contribution < -0.4 is 5.32 Å². The van der Waals surface area contributed by atoms with Crippen LogP contribution in [0.15, 0.2) is 0 Å². The molecular weight excluding hydrogens is 239 g/mol. The first kappa shape index (κ1) is 12.5. The third-order valence-corrected chi connectivity index (χ3v) is 4.40. The van der Waals surface area contributed by atoms with Crippen LogP contribution in [0.3, 0.4) is 0 Å². The van der Waals surface area contributed by atoms with Gasteiger partial charge in [-0.25, -0.2) is 0 Å². The monoisotopic (exact) mass is 255 g/mol. The first-order valence-electron chi connectivity index (χ1n) is 5.84. The van der Waals surface area contributed by atoms with Gasteiger partial charge in [-0.3, -0.25) is 0 Å². The zero-order chi connectivity index (χ0) is 11.9. The molecule has 1 nitrogen and oxygen atoms in total. The highest BCUT2D eigenvalue weighted by atomic mass is 35.5. The maximum Gasteiger partial charge on any atom is 0.403 e. The van der Waals surface area contributed by atoms with Crippen LogP contribution in [-0.2, 0) is 0 Å². The first-order valence-corrected chi connectivity index (χ1v) is 6.28. The lowest BCUT2D eigenvalue weighted by Crippen LogP contribution is -2.58. The number of alkyl halides is 4. The van der Waals surface area contributed by atoms with Crippen LogP contribution in [0.1, 0.15) is 32.6 Å². The van der Waals surface area contributed by atoms with Crippen LogP contribution >= 0.6 is 11.6 Å². The van der Waals surface area contributed by atoms with E-state index >= 15 is 0 Å². The molecule has 0 aromatic rings. The van der Waals surface area contributed by atoms with Gasteiger partial charge >= 0.3 is 6.18 Å². The fourth-order valence-electron chi connectivity index (χ4n) is 2.99. The zero-order valence-corrected chi connectivity index (χ0v) is 9.98. The molecule has 0 amide bonds. The lowest BCUT2D eigenvalue weighted by Gasteiger charge is -2.45. The van der Waals surface area contributed by atoms with E-state index in [1.807, 2.05) is 0 Å². The Balaban J connectivity index is 2.05. The van der Waals surface area contributed by atoms with E-state index in [1.165, 1.54) is 0 Å². The van der Waals surface area contributed by atoms with Crippen molar-refractivity contribution in [1.29, 1.82) is 0 Å². The van der Waals surface area contributed by atoms with E-state index < -0.39 is 12.2 Å². The number of piperidine rings is 1. The number of hydrogen-bond donors (Lipinski definition) is 1. The molecule has 2 rings (SSSR count). The molecule has 5 unspecified atom stereocenters. The van der Waals surface area contributed by atoms with Crippen molar-refractivity contribution in [3.8, 4) is 0 Å². The highest BCUT2D eigenvalue weighted by Crippen LogP contribution is 2.40. The maximum absolute atomic E-state index is 12.6. The van der Waals surface area contributed by atoms with Crippen molar-refractivity contribution in [3.05, 3.63) is 0 Å². The van der Waals surface area contributed by atoms with Gasteiger partial charge in [-0.05, 0) is 37.5 Å². The second-order valence-corrected chi connectivity index (χ2v) is 5.76. The summed E-state index contributed by atoms with van der Waals surface area (Å²) in [5.74, 6) is 0.802. The molecule has 94 valence electrons. The van der Waals surface area contributed by atoms with Crippen molar-refractivity contribution in [3.63, 3.8) is 0 Å². The molecule has 16 heavy (non-hydrogen) atoms. The number of fused-ring (bicyclic) bond motifs is 1. The summed E-state index contributed by atoms with van der Waals surface area (Å²) in [5, 5.41) is 2.40. The summed E-state index contributed by atoms with van der Waals surface area (Å²) in [4.78, 5) is 0. The number of halogens is 4. The van der Waals surface area contributed by atoms with E-state index in [2.05, 4.69) is 12.2 Å². The fourth-order valence-corrected chi connectivity index (χ4v) is 3.44. The molecule has 5 heteroatoms. The third kappa shape index (κ3) is 2.48. The summed E-state index contributed by atoms with van der Waals surface area (Å²) in [6.45, 7) is 2.15. The van der Waals surface area contributed by atoms with Crippen LogP contribution in [0.25, 0.3) is 0 Å². The molecule has 0 aromatic heterocycles. The van der Waals surface area contributed by atoms with E-state index in [0.29, 0.717) is 5.92 Å². The van der Waals surface area contributed by atoms with Gasteiger partial charge in [0.1, 0.15) is 6.04 Å². The van der Waals surface area contributed by atoms with Gasteiger partial charge in [-0.2, -0.15) is 13.2 Å². The van der Waals surface area contributed by atoms with Crippen molar-refractivity contribution in [2.24, 2.45) is 11.8 Å². The molecular formula is C11H17ClF3N. The highest BCUT2D eigenvalue weighted by molar-refractivity contribution is 6.20. The Labute approximate surface area is 98.7 Å². The van der Waals surface area contributed by atoms with Crippen LogP contribution in [0.5, 0.6) is 0 Å². The van der Waals surface area contributed by atoms with Crippen LogP contribution in [0.2, 0.25) is 0 Å². The number of rotatable bonds is 0. The Morgan fingerprint density at radius 3 is 2.50 bits per heavy atom. The molecule has 5 atom stereocenters. The van der Waals surface area contributed by atoms with Crippen LogP contribution in [0, 0.1) is 11.8 Å². The van der Waals surface area contributed by atoms with Gasteiger partial charge < -0.3 is 5.32 Å². The predicted molar refractivity (Wildman–Crippen MR) is 57.5 cm³/mol. The number of nitrogens with one attached hydrogen (secondary N) is 1. The zero-order valence-electron chi connectivity index (χ0n) is 9.23. The van der Waals surface area contributed by atoms with Crippen LogP contribution in [-0.4, -0.2) is 23.6 Å². The van der Waals surface area contributed by atoms with E-state index in [4.69, 9.17) is 11.6 Å². The molecule has 0 bridgehead atoms. The topological polar surface area (TPSA) is 12.0 Å². The molecule has 1 saturated heterocycles. The molecule has 2 aliphatic rings. The minimum Gasteiger partial charge on any atom is -0.303 e. The predicted octanol–water partition coefficient (Wildman–Crippen LogP) is 3.32. The second-order valence-electron chi connectivity index (χ2n) is 5.20. The smallest absolute Gasteiger partial charge is 0.303 e. The van der Waals surface area contributed by atoms with Gasteiger partial charge in [-0.1, -0.05) is 6.92 Å². The Morgan fingerprint density at radius 2 is 1.88 bits per heavy atom. The Morgan fingerprint density at radius 1 is 1.19 bits per heavy atom. The minimum atomic E-state index is -4.17. The average Bonchev–Trinajstić information content (AvgIpc) is 2.17. The lowest BCUT2D eigenvalue weighted by atomic mass is 9.73. The summed E-state index contributed by atoms with van der Waals surface area (Å²) >= 11 is 6.12. The van der Waals surface area contributed by atoms with Crippen molar-refractivity contribution in [2.45, 2.75) is 56.2 Å². The van der Waals surface area contributed by atoms with Crippen molar-refractivity contribution in [1.82, 2.24) is 5.32 Å². The van der Waals surface area contributed by atoms with Crippen molar-refractivity contribution < 1.29 is 13.2 Å². The molecule has 1 saturated carbocycles. The van der Waals surface area contributed by atoms with E-state index in [9.17, 15) is 13.2 Å². The average molecular weight is 256 g/mol. The molecule has 0 aromatic carbocycles. The third-order valence-electron chi connectivity index (χ3n) is 3.90. The Hall–Kier alpha value is 0.0400. The van der Waals surface area contributed by atoms with Crippen molar-refractivity contribution >= 4 is 11.6 Å². The SMILES string of the molecule is CC1CCC2NC(C(F)(F)F)CC(Cl)C2C1. The summed E-state index contributed by atoms with van der Waals surface area (Å²) in [5.41, 5.74) is 0. The standard InChI is InChI=1S/C11H17ClF3N/c1-6-2-3-9-7(4-6)8(12)5-10(16-9)11(13,14)15/h6-10,16H,2-5H2,1H3. The van der Waals surface area contributed by atoms with Gasteiger partial charge in [0.25, 0.3) is 0 Å². The summed E-state index contributed by atoms with van der Waals surface area (Å²) in [7, 11) is 0. The Kier molecular flexibility index (Phi) is 3.41. The molecule has 0 spiro atoms. The molecule has 0 radical (unpaired) electrons. The minimum absolute atomic E-state index is 0.0128. The molecule has 1 aliphatic heterocycles. The van der Waals surface area contributed by atoms with Gasteiger partial charge in [0.2, 0.25) is 0 Å². The molecule has 2 fully saturated rings. The molecule has 1 heterocycles. The Bertz CT molecular complexity index is 256. The van der Waals surface area contributed by atoms with Crippen LogP contribution in [0.4, 0.5) is 13.2 Å². The lowest BCUT2D eigenvalue weighted by molar-refractivity contribution is -0.166. The van der Waals surface area contributed by atoms with E-state index in [0.717, 1.165) is 19.3 Å². The first-order chi connectivity index (χ1) is 7.38. The number of hydrogen-bond acceptors (Lipinski definition) is 1. The quantitative estimate of drug-likeness (QED) is 0.655. The summed E-state index contributed by atoms with van der Waals surface area (Å²) in [6.07, 6.45) is -1.37. The van der Waals surface area contributed by atoms with Gasteiger partial charge in [-0.15, -0.1) is 11.6 Å². The highest BCUT2D eigenvalue weighted by Gasteiger charge is 2.48. The molecule has 1 N–H and O–H groups in total. The second kappa shape index (κ2) is 4.37. The summed E-state index contributed by atoms with van der Waals surface area (Å²) in [6, 6.07) is -1.45. The molecule has 1 aliphatic carbocycles. The van der Waals surface area contributed by atoms with E-state index in [-0.39, 0.29) is 23.8 Å². The van der Waals surface area contributed by atoms with Gasteiger partial charge in [0, 0.05) is 11.4 Å². The van der Waals surface area contributed by atoms with Gasteiger partial charge in [0.05, 0.1) is 0 Å². The maximum atomic E-state index is 12.6. The largest absolute Gasteiger partial charge is 0.403 e. The van der Waals surface area contributed by atoms with Crippen molar-refractivity contribution in [2.75, 3.05) is 0 Å². The fraction of sp³-hybridized carbons (Fsp3) is 1.00. The van der Waals surface area contributed by atoms with E-state index in [1.54, 1.807) is 0 Å². The summed E-state index contributed by atoms with van der Waals surface area (Å²) < 4.78 is 37.9. The normalized spacial score (nSPS) is 45.2. The van der Waals surface area contributed by atoms with Gasteiger partial charge in [0.15, 0.2) is 0 Å².